The van der Waals surface area contributed by atoms with E-state index in [4.69, 9.17) is 9.57 Å². The molecule has 0 aromatic heterocycles. The molecule has 4 heteroatoms. The van der Waals surface area contributed by atoms with Gasteiger partial charge in [0.15, 0.2) is 6.61 Å². The fraction of sp³-hybridized carbons (Fsp3) is 0.500. The molecule has 0 bridgehead atoms. The maximum atomic E-state index is 11.5. The van der Waals surface area contributed by atoms with Gasteiger partial charge in [-0.3, -0.25) is 9.63 Å². The molecule has 1 amide bonds. The van der Waals surface area contributed by atoms with E-state index in [0.717, 1.165) is 16.9 Å². The number of aryl methyl sites for hydroxylation is 2. The fourth-order valence-electron chi connectivity index (χ4n) is 1.48. The normalized spacial score (nSPS) is 10.5. The molecule has 0 heterocycles. The number of rotatable bonds is 6. The highest BCUT2D eigenvalue weighted by Crippen LogP contribution is 2.21. The zero-order valence-corrected chi connectivity index (χ0v) is 11.4. The molecule has 0 unspecified atom stereocenters. The summed E-state index contributed by atoms with van der Waals surface area (Å²) in [6, 6.07) is 5.87. The first-order valence-electron chi connectivity index (χ1n) is 6.10. The van der Waals surface area contributed by atoms with Crippen molar-refractivity contribution in [3.05, 3.63) is 29.3 Å². The van der Waals surface area contributed by atoms with Crippen molar-refractivity contribution in [3.8, 4) is 5.75 Å². The van der Waals surface area contributed by atoms with Gasteiger partial charge in [-0.05, 0) is 30.9 Å². The number of carbonyl (C=O) groups is 1. The molecular formula is C14H21NO3. The molecule has 1 N–H and O–H groups in total. The van der Waals surface area contributed by atoms with Crippen LogP contribution in [0.3, 0.4) is 0 Å². The van der Waals surface area contributed by atoms with Gasteiger partial charge in [0.2, 0.25) is 0 Å². The van der Waals surface area contributed by atoms with Gasteiger partial charge in [0.05, 0.1) is 6.61 Å². The Labute approximate surface area is 108 Å². The van der Waals surface area contributed by atoms with Crippen molar-refractivity contribution in [3.63, 3.8) is 0 Å². The van der Waals surface area contributed by atoms with Gasteiger partial charge >= 0.3 is 0 Å². The Morgan fingerprint density at radius 3 is 2.44 bits per heavy atom. The van der Waals surface area contributed by atoms with Crippen LogP contribution >= 0.6 is 0 Å². The van der Waals surface area contributed by atoms with Gasteiger partial charge in [-0.2, -0.15) is 0 Å². The van der Waals surface area contributed by atoms with Crippen molar-refractivity contribution >= 4 is 5.91 Å². The molecule has 100 valence electrons. The van der Waals surface area contributed by atoms with Crippen LogP contribution in [0.4, 0.5) is 0 Å². The van der Waals surface area contributed by atoms with Crippen LogP contribution in [-0.4, -0.2) is 19.1 Å². The third-order valence-electron chi connectivity index (χ3n) is 2.36. The van der Waals surface area contributed by atoms with Gasteiger partial charge in [-0.25, -0.2) is 5.48 Å². The summed E-state index contributed by atoms with van der Waals surface area (Å²) in [7, 11) is 0. The Kier molecular flexibility index (Phi) is 5.65. The zero-order valence-electron chi connectivity index (χ0n) is 11.4. The minimum absolute atomic E-state index is 0.0379. The highest BCUT2D eigenvalue weighted by atomic mass is 16.7. The number of benzene rings is 1. The molecule has 18 heavy (non-hydrogen) atoms. The predicted molar refractivity (Wildman–Crippen MR) is 70.3 cm³/mol. The van der Waals surface area contributed by atoms with Crippen LogP contribution in [0.25, 0.3) is 0 Å². The van der Waals surface area contributed by atoms with Crippen molar-refractivity contribution in [2.75, 3.05) is 13.2 Å². The van der Waals surface area contributed by atoms with Gasteiger partial charge in [0.25, 0.3) is 5.91 Å². The SMILES string of the molecule is Cc1cccc(C)c1OCC(=O)NOCC(C)C. The average Bonchev–Trinajstić information content (AvgIpc) is 2.27. The maximum absolute atomic E-state index is 11.5. The summed E-state index contributed by atoms with van der Waals surface area (Å²) in [5, 5.41) is 0. The predicted octanol–water partition coefficient (Wildman–Crippen LogP) is 2.39. The summed E-state index contributed by atoms with van der Waals surface area (Å²) >= 11 is 0. The molecule has 0 spiro atoms. The van der Waals surface area contributed by atoms with E-state index in [-0.39, 0.29) is 12.5 Å². The van der Waals surface area contributed by atoms with Crippen LogP contribution in [0.2, 0.25) is 0 Å². The van der Waals surface area contributed by atoms with E-state index in [1.54, 1.807) is 0 Å². The zero-order chi connectivity index (χ0) is 13.5. The molecule has 1 aromatic carbocycles. The molecule has 0 aliphatic carbocycles. The topological polar surface area (TPSA) is 47.6 Å². The summed E-state index contributed by atoms with van der Waals surface area (Å²) in [4.78, 5) is 16.5. The number of amides is 1. The highest BCUT2D eigenvalue weighted by Gasteiger charge is 2.07. The molecular weight excluding hydrogens is 230 g/mol. The number of nitrogens with one attached hydrogen (secondary N) is 1. The summed E-state index contributed by atoms with van der Waals surface area (Å²) in [5.41, 5.74) is 4.40. The lowest BCUT2D eigenvalue weighted by Crippen LogP contribution is -2.30. The first-order valence-corrected chi connectivity index (χ1v) is 6.10. The lowest BCUT2D eigenvalue weighted by Gasteiger charge is -2.12. The number of hydroxylamine groups is 1. The Hall–Kier alpha value is -1.55. The standard InChI is InChI=1S/C14H21NO3/c1-10(2)8-18-15-13(16)9-17-14-11(3)6-5-7-12(14)4/h5-7,10H,8-9H2,1-4H3,(H,15,16). The number of para-hydroxylation sites is 1. The van der Waals surface area contributed by atoms with E-state index in [2.05, 4.69) is 5.48 Å². The van der Waals surface area contributed by atoms with Gasteiger partial charge in [-0.1, -0.05) is 32.0 Å². The van der Waals surface area contributed by atoms with Crippen LogP contribution in [-0.2, 0) is 9.63 Å². The summed E-state index contributed by atoms with van der Waals surface area (Å²) in [6.45, 7) is 8.39. The second-order valence-corrected chi connectivity index (χ2v) is 4.74. The minimum Gasteiger partial charge on any atom is -0.483 e. The van der Waals surface area contributed by atoms with E-state index < -0.39 is 0 Å². The fourth-order valence-corrected chi connectivity index (χ4v) is 1.48. The largest absolute Gasteiger partial charge is 0.483 e. The Morgan fingerprint density at radius 2 is 1.89 bits per heavy atom. The molecule has 0 saturated heterocycles. The Morgan fingerprint density at radius 1 is 1.28 bits per heavy atom. The summed E-state index contributed by atoms with van der Waals surface area (Å²) < 4.78 is 5.49. The van der Waals surface area contributed by atoms with Gasteiger partial charge < -0.3 is 4.74 Å². The second-order valence-electron chi connectivity index (χ2n) is 4.74. The first-order chi connectivity index (χ1) is 8.50. The van der Waals surface area contributed by atoms with Crippen molar-refractivity contribution in [1.82, 2.24) is 5.48 Å². The average molecular weight is 251 g/mol. The number of hydrogen-bond acceptors (Lipinski definition) is 3. The Balaban J connectivity index is 2.38. The lowest BCUT2D eigenvalue weighted by atomic mass is 10.1. The van der Waals surface area contributed by atoms with Crippen LogP contribution in [0.1, 0.15) is 25.0 Å². The molecule has 0 fully saturated rings. The minimum atomic E-state index is -0.279. The molecule has 4 nitrogen and oxygen atoms in total. The van der Waals surface area contributed by atoms with Crippen LogP contribution < -0.4 is 10.2 Å². The van der Waals surface area contributed by atoms with E-state index in [0.29, 0.717) is 12.5 Å². The van der Waals surface area contributed by atoms with Crippen molar-refractivity contribution in [1.29, 1.82) is 0 Å². The van der Waals surface area contributed by atoms with Gasteiger partial charge in [0, 0.05) is 0 Å². The van der Waals surface area contributed by atoms with Crippen molar-refractivity contribution in [2.24, 2.45) is 5.92 Å². The van der Waals surface area contributed by atoms with E-state index >= 15 is 0 Å². The monoisotopic (exact) mass is 251 g/mol. The molecule has 1 rings (SSSR count). The first kappa shape index (κ1) is 14.5. The van der Waals surface area contributed by atoms with Crippen molar-refractivity contribution < 1.29 is 14.4 Å². The molecule has 0 aliphatic rings. The summed E-state index contributed by atoms with van der Waals surface area (Å²) in [6.07, 6.45) is 0. The van der Waals surface area contributed by atoms with E-state index in [9.17, 15) is 4.79 Å². The van der Waals surface area contributed by atoms with Crippen molar-refractivity contribution in [2.45, 2.75) is 27.7 Å². The number of carbonyl (C=O) groups excluding carboxylic acids is 1. The molecule has 1 aromatic rings. The smallest absolute Gasteiger partial charge is 0.281 e. The molecule has 0 atom stereocenters. The molecule has 0 saturated carbocycles. The van der Waals surface area contributed by atoms with Crippen LogP contribution in [0, 0.1) is 19.8 Å². The number of hydrogen-bond donors (Lipinski definition) is 1. The molecule has 0 radical (unpaired) electrons. The van der Waals surface area contributed by atoms with Crippen LogP contribution in [0.15, 0.2) is 18.2 Å². The molecule has 0 aliphatic heterocycles. The third kappa shape index (κ3) is 4.75. The van der Waals surface area contributed by atoms with Gasteiger partial charge in [0.1, 0.15) is 5.75 Å². The highest BCUT2D eigenvalue weighted by molar-refractivity contribution is 5.76. The maximum Gasteiger partial charge on any atom is 0.281 e. The van der Waals surface area contributed by atoms with E-state index in [1.165, 1.54) is 0 Å². The number of ether oxygens (including phenoxy) is 1. The lowest BCUT2D eigenvalue weighted by molar-refractivity contribution is -0.136. The third-order valence-corrected chi connectivity index (χ3v) is 2.36. The summed E-state index contributed by atoms with van der Waals surface area (Å²) in [5.74, 6) is 0.861. The second kappa shape index (κ2) is 7.01. The van der Waals surface area contributed by atoms with Crippen LogP contribution in [0.5, 0.6) is 5.75 Å². The van der Waals surface area contributed by atoms with Gasteiger partial charge in [-0.15, -0.1) is 0 Å². The Bertz CT molecular complexity index is 382. The quantitative estimate of drug-likeness (QED) is 0.790. The van der Waals surface area contributed by atoms with E-state index in [1.807, 2.05) is 45.9 Å².